The highest BCUT2D eigenvalue weighted by molar-refractivity contribution is 6.01. The van der Waals surface area contributed by atoms with Crippen LogP contribution in [0.25, 0.3) is 0 Å². The van der Waals surface area contributed by atoms with Gasteiger partial charge in [-0.1, -0.05) is 18.2 Å². The number of halogens is 2. The number of hydrogen-bond acceptors (Lipinski definition) is 4. The molecule has 2 aromatic carbocycles. The number of carbonyl (C=O) groups is 3. The maximum atomic E-state index is 13.7. The zero-order valence-electron chi connectivity index (χ0n) is 16.9. The summed E-state index contributed by atoms with van der Waals surface area (Å²) >= 11 is 0. The zero-order chi connectivity index (χ0) is 22.0. The van der Waals surface area contributed by atoms with Gasteiger partial charge in [0.25, 0.3) is 5.91 Å². The molecular weight excluding hydrogens is 394 g/mol. The summed E-state index contributed by atoms with van der Waals surface area (Å²) in [7, 11) is 0. The van der Waals surface area contributed by atoms with E-state index >= 15 is 0 Å². The summed E-state index contributed by atoms with van der Waals surface area (Å²) in [6.07, 6.45) is -1.33. The Morgan fingerprint density at radius 3 is 2.43 bits per heavy atom. The standard InChI is InChI=1S/C22H22F2N2O4/c1-12-6-4-9-18(13(12)2)26-11-15(10-19(26)27)22(29)30-14(3)21(28)25-20-16(23)7-5-8-17(20)24/h4-9,14-15H,10-11H2,1-3H3,(H,25,28)/t14-,15-/m0/s1. The van der Waals surface area contributed by atoms with Gasteiger partial charge in [-0.05, 0) is 50.1 Å². The van der Waals surface area contributed by atoms with Gasteiger partial charge in [0.1, 0.15) is 17.3 Å². The topological polar surface area (TPSA) is 75.7 Å². The van der Waals surface area contributed by atoms with Crippen LogP contribution in [0.15, 0.2) is 36.4 Å². The Balaban J connectivity index is 1.64. The summed E-state index contributed by atoms with van der Waals surface area (Å²) in [5.74, 6) is -4.41. The minimum atomic E-state index is -1.29. The van der Waals surface area contributed by atoms with E-state index in [1.165, 1.54) is 17.9 Å². The smallest absolute Gasteiger partial charge is 0.312 e. The van der Waals surface area contributed by atoms with Crippen LogP contribution in [-0.4, -0.2) is 30.4 Å². The quantitative estimate of drug-likeness (QED) is 0.757. The van der Waals surface area contributed by atoms with E-state index in [1.54, 1.807) is 0 Å². The monoisotopic (exact) mass is 416 g/mol. The van der Waals surface area contributed by atoms with Crippen LogP contribution in [0.5, 0.6) is 0 Å². The molecule has 1 aliphatic rings. The van der Waals surface area contributed by atoms with Gasteiger partial charge in [-0.25, -0.2) is 8.78 Å². The molecule has 30 heavy (non-hydrogen) atoms. The van der Waals surface area contributed by atoms with Crippen LogP contribution in [0.2, 0.25) is 0 Å². The van der Waals surface area contributed by atoms with Crippen molar-refractivity contribution in [2.75, 3.05) is 16.8 Å². The number of anilines is 2. The molecule has 0 radical (unpaired) electrons. The molecule has 3 rings (SSSR count). The van der Waals surface area contributed by atoms with E-state index in [9.17, 15) is 23.2 Å². The molecule has 2 atom stereocenters. The molecule has 6 nitrogen and oxygen atoms in total. The van der Waals surface area contributed by atoms with Crippen molar-refractivity contribution in [1.29, 1.82) is 0 Å². The van der Waals surface area contributed by atoms with E-state index in [1.807, 2.05) is 32.0 Å². The number of benzene rings is 2. The van der Waals surface area contributed by atoms with Gasteiger partial charge in [-0.3, -0.25) is 14.4 Å². The maximum Gasteiger partial charge on any atom is 0.312 e. The number of hydrogen-bond donors (Lipinski definition) is 1. The van der Waals surface area contributed by atoms with Crippen LogP contribution < -0.4 is 10.2 Å². The molecule has 1 heterocycles. The second kappa shape index (κ2) is 8.61. The Hall–Kier alpha value is -3.29. The van der Waals surface area contributed by atoms with Crippen LogP contribution in [0, 0.1) is 31.4 Å². The number of nitrogens with zero attached hydrogens (tertiary/aromatic N) is 1. The molecule has 0 spiro atoms. The largest absolute Gasteiger partial charge is 0.452 e. The highest BCUT2D eigenvalue weighted by atomic mass is 19.1. The first-order chi connectivity index (χ1) is 14.2. The van der Waals surface area contributed by atoms with E-state index in [0.29, 0.717) is 0 Å². The molecule has 0 unspecified atom stereocenters. The molecule has 2 amide bonds. The van der Waals surface area contributed by atoms with E-state index < -0.39 is 41.2 Å². The van der Waals surface area contributed by atoms with Gasteiger partial charge in [0, 0.05) is 18.7 Å². The molecule has 0 aliphatic carbocycles. The van der Waals surface area contributed by atoms with E-state index in [4.69, 9.17) is 4.74 Å². The summed E-state index contributed by atoms with van der Waals surface area (Å²) in [5.41, 5.74) is 2.09. The molecule has 1 aliphatic heterocycles. The normalized spacial score (nSPS) is 17.0. The molecule has 1 fully saturated rings. The summed E-state index contributed by atoms with van der Waals surface area (Å²) in [6, 6.07) is 8.76. The third-order valence-corrected chi connectivity index (χ3v) is 5.20. The molecule has 158 valence electrons. The third kappa shape index (κ3) is 4.32. The average Bonchev–Trinajstić information content (AvgIpc) is 3.08. The number of nitrogens with one attached hydrogen (secondary N) is 1. The Labute approximate surface area is 172 Å². The molecule has 1 saturated heterocycles. The van der Waals surface area contributed by atoms with Gasteiger partial charge >= 0.3 is 5.97 Å². The molecule has 0 aromatic heterocycles. The Morgan fingerprint density at radius 2 is 1.77 bits per heavy atom. The summed E-state index contributed by atoms with van der Waals surface area (Å²) in [6.45, 7) is 5.27. The van der Waals surface area contributed by atoms with Crippen molar-refractivity contribution < 1.29 is 27.9 Å². The lowest BCUT2D eigenvalue weighted by atomic mass is 10.1. The molecule has 8 heteroatoms. The molecule has 0 bridgehead atoms. The number of rotatable bonds is 5. The summed E-state index contributed by atoms with van der Waals surface area (Å²) in [5, 5.41) is 2.09. The van der Waals surface area contributed by atoms with Crippen molar-refractivity contribution in [3.05, 3.63) is 59.2 Å². The second-order valence-electron chi connectivity index (χ2n) is 7.29. The lowest BCUT2D eigenvalue weighted by Gasteiger charge is -2.20. The predicted octanol–water partition coefficient (Wildman–Crippen LogP) is 3.50. The first-order valence-electron chi connectivity index (χ1n) is 9.51. The Kier molecular flexibility index (Phi) is 6.14. The van der Waals surface area contributed by atoms with Gasteiger partial charge in [-0.15, -0.1) is 0 Å². The Morgan fingerprint density at radius 1 is 1.13 bits per heavy atom. The van der Waals surface area contributed by atoms with E-state index in [2.05, 4.69) is 5.32 Å². The predicted molar refractivity (Wildman–Crippen MR) is 107 cm³/mol. The number of ether oxygens (including phenoxy) is 1. The Bertz CT molecular complexity index is 988. The van der Waals surface area contributed by atoms with Gasteiger partial charge in [0.15, 0.2) is 6.10 Å². The van der Waals surface area contributed by atoms with Crippen molar-refractivity contribution in [3.63, 3.8) is 0 Å². The van der Waals surface area contributed by atoms with Crippen molar-refractivity contribution in [3.8, 4) is 0 Å². The fourth-order valence-electron chi connectivity index (χ4n) is 3.29. The minimum Gasteiger partial charge on any atom is -0.452 e. The van der Waals surface area contributed by atoms with Crippen LogP contribution in [0.3, 0.4) is 0 Å². The van der Waals surface area contributed by atoms with E-state index in [-0.39, 0.29) is 18.9 Å². The van der Waals surface area contributed by atoms with Crippen LogP contribution in [0.4, 0.5) is 20.2 Å². The van der Waals surface area contributed by atoms with Gasteiger partial charge in [-0.2, -0.15) is 0 Å². The highest BCUT2D eigenvalue weighted by Crippen LogP contribution is 2.30. The van der Waals surface area contributed by atoms with Crippen LogP contribution in [0.1, 0.15) is 24.5 Å². The lowest BCUT2D eigenvalue weighted by Crippen LogP contribution is -2.33. The highest BCUT2D eigenvalue weighted by Gasteiger charge is 2.38. The van der Waals surface area contributed by atoms with Crippen LogP contribution in [-0.2, 0) is 19.1 Å². The van der Waals surface area contributed by atoms with Gasteiger partial charge in [0.2, 0.25) is 5.91 Å². The fraction of sp³-hybridized carbons (Fsp3) is 0.318. The van der Waals surface area contributed by atoms with Crippen molar-refractivity contribution >= 4 is 29.2 Å². The number of esters is 1. The van der Waals surface area contributed by atoms with Crippen LogP contribution >= 0.6 is 0 Å². The van der Waals surface area contributed by atoms with Crippen molar-refractivity contribution in [2.24, 2.45) is 5.92 Å². The fourth-order valence-corrected chi connectivity index (χ4v) is 3.29. The molecule has 0 saturated carbocycles. The molecule has 2 aromatic rings. The first-order valence-corrected chi connectivity index (χ1v) is 9.51. The van der Waals surface area contributed by atoms with Crippen molar-refractivity contribution in [1.82, 2.24) is 0 Å². The summed E-state index contributed by atoms with van der Waals surface area (Å²) in [4.78, 5) is 38.7. The van der Waals surface area contributed by atoms with E-state index in [0.717, 1.165) is 28.9 Å². The lowest BCUT2D eigenvalue weighted by molar-refractivity contribution is -0.157. The number of aryl methyl sites for hydroxylation is 1. The van der Waals surface area contributed by atoms with Gasteiger partial charge < -0.3 is 15.0 Å². The first kappa shape index (κ1) is 21.4. The number of carbonyl (C=O) groups excluding carboxylic acids is 3. The second-order valence-corrected chi connectivity index (χ2v) is 7.29. The third-order valence-electron chi connectivity index (χ3n) is 5.20. The maximum absolute atomic E-state index is 13.7. The van der Waals surface area contributed by atoms with Gasteiger partial charge in [0.05, 0.1) is 5.92 Å². The zero-order valence-corrected chi connectivity index (χ0v) is 16.9. The van der Waals surface area contributed by atoms with Crippen molar-refractivity contribution in [2.45, 2.75) is 33.3 Å². The SMILES string of the molecule is Cc1cccc(N2C[C@@H](C(=O)O[C@@H](C)C(=O)Nc3c(F)cccc3F)CC2=O)c1C. The number of amides is 2. The average molecular weight is 416 g/mol. The molecule has 1 N–H and O–H groups in total. The summed E-state index contributed by atoms with van der Waals surface area (Å²) < 4.78 is 32.5. The minimum absolute atomic E-state index is 0.0392. The number of para-hydroxylation sites is 1. The molecular formula is C22H22F2N2O4.